The Hall–Kier alpha value is -8.32. The number of aromatic carboxylic acids is 1. The summed E-state index contributed by atoms with van der Waals surface area (Å²) < 4.78 is 93.3. The molecule has 48 nitrogen and oxygen atoms in total. The Morgan fingerprint density at radius 2 is 0.748 bits per heavy atom. The van der Waals surface area contributed by atoms with Crippen molar-refractivity contribution >= 4 is 45.6 Å². The number of carboxylic acid groups (broad SMARTS) is 1. The summed E-state index contributed by atoms with van der Waals surface area (Å²) in [5.74, 6) is -5.07. The Morgan fingerprint density at radius 3 is 1.15 bits per heavy atom. The normalized spacial score (nSPS) is 38.3. The van der Waals surface area contributed by atoms with Gasteiger partial charge in [0.2, 0.25) is 5.91 Å². The molecule has 698 valence electrons. The Balaban J connectivity index is 0.743. The number of ether oxygens (including phenoxy) is 14. The van der Waals surface area contributed by atoms with E-state index in [2.05, 4.69) is 16.0 Å². The summed E-state index contributed by atoms with van der Waals surface area (Å²) in [4.78, 5) is 82.3. The summed E-state index contributed by atoms with van der Waals surface area (Å²) in [5.41, 5.74) is -2.34. The van der Waals surface area contributed by atoms with Gasteiger partial charge in [-0.25, -0.2) is 9.59 Å². The van der Waals surface area contributed by atoms with Crippen LogP contribution in [0.2, 0.25) is 0 Å². The summed E-state index contributed by atoms with van der Waals surface area (Å²) >= 11 is 0. The maximum atomic E-state index is 15.0. The lowest BCUT2D eigenvalue weighted by Crippen LogP contribution is -2.68. The third kappa shape index (κ3) is 19.4. The molecule has 21 saturated heterocycles. The zero-order chi connectivity index (χ0) is 91.2. The predicted octanol–water partition coefficient (Wildman–Crippen LogP) is -10.6. The van der Waals surface area contributed by atoms with E-state index in [0.717, 1.165) is 18.2 Å². The van der Waals surface area contributed by atoms with E-state index >= 15 is 4.79 Å². The van der Waals surface area contributed by atoms with Gasteiger partial charge in [0, 0.05) is 58.8 Å². The highest BCUT2D eigenvalue weighted by Crippen LogP contribution is 2.45. The summed E-state index contributed by atoms with van der Waals surface area (Å²) in [7, 11) is 0. The second-order valence-corrected chi connectivity index (χ2v) is 31.5. The SMILES string of the molecule is O=C(NCCCCC(NC(=O)c1cc2ccc(O)cc2oc1=O)C(=O)NC[C@H]1O[C@@H]2O[C@H]3[C@H](O)[C@@H](O)[C@@H](O[C@H]4[C@H](O)[C@@H](O)[C@@H](O[C@H]5[C@H](O)[C@@H](O)[C@@H](O[C@H]6[C@H](O)[C@@H](O)[C@@H](O[C@H]7[C@H](O)[C@@H](O)[C@@H](O[C@H]8[C@H](O)[C@@H](O)[C@@H](O[C@H]1[C@H](O)[C@H]2O)O[C@@H]8CO)O[C@@H]7CO)O[C@@H]6CO)O[C@@H]5CO)O[C@@H]4CO)O[C@@H]3CO)c1ccc(C(=O)O)c(-c2c3ccc(=O)cc-3oc3cc(O)ccc23)c1. The Bertz CT molecular complexity index is 4890. The van der Waals surface area contributed by atoms with Crippen molar-refractivity contribution in [2.24, 2.45) is 0 Å². The fourth-order valence-electron chi connectivity index (χ4n) is 16.5. The second kappa shape index (κ2) is 40.2. The fourth-order valence-corrected chi connectivity index (χ4v) is 16.5. The molecule has 3 amide bonds. The summed E-state index contributed by atoms with van der Waals surface area (Å²) in [6.45, 7) is -8.13. The Labute approximate surface area is 714 Å². The third-order valence-corrected chi connectivity index (χ3v) is 23.3. The first kappa shape index (κ1) is 94.8. The van der Waals surface area contributed by atoms with Gasteiger partial charge in [-0.1, -0.05) is 0 Å². The van der Waals surface area contributed by atoms with Crippen LogP contribution in [0.4, 0.5) is 0 Å². The Morgan fingerprint density at radius 1 is 0.362 bits per heavy atom. The molecule has 27 rings (SSSR count). The molecule has 22 aliphatic heterocycles. The smallest absolute Gasteiger partial charge is 0.349 e. The molecule has 14 bridgehead atoms. The minimum absolute atomic E-state index is 0.00521. The third-order valence-electron chi connectivity index (χ3n) is 23.3. The molecular weight excluding hydrogens is 1710 g/mol. The summed E-state index contributed by atoms with van der Waals surface area (Å²) in [6.07, 6.45) is -76.5. The zero-order valence-corrected chi connectivity index (χ0v) is 66.3. The van der Waals surface area contributed by atoms with E-state index < -0.39 is 307 Å². The number of aromatic hydroxyl groups is 2. The van der Waals surface area contributed by atoms with Crippen molar-refractivity contribution in [3.05, 3.63) is 116 Å². The minimum atomic E-state index is -2.47. The second-order valence-electron chi connectivity index (χ2n) is 31.5. The maximum absolute atomic E-state index is 15.0. The molecule has 127 heavy (non-hydrogen) atoms. The van der Waals surface area contributed by atoms with Gasteiger partial charge in [-0.15, -0.1) is 0 Å². The fraction of sp³-hybridized carbons (Fsp3) is 0.595. The van der Waals surface area contributed by atoms with Crippen molar-refractivity contribution in [2.45, 2.75) is 240 Å². The lowest BCUT2D eigenvalue weighted by atomic mass is 9.89. The van der Waals surface area contributed by atoms with Crippen LogP contribution in [0.25, 0.3) is 44.4 Å². The van der Waals surface area contributed by atoms with Crippen LogP contribution in [0.1, 0.15) is 50.3 Å². The van der Waals surface area contributed by atoms with Crippen molar-refractivity contribution in [1.29, 1.82) is 0 Å². The van der Waals surface area contributed by atoms with Crippen LogP contribution in [0.15, 0.2) is 97.3 Å². The highest BCUT2D eigenvalue weighted by atomic mass is 16.8. The molecule has 3 aromatic carbocycles. The number of unbranched alkanes of at least 4 members (excludes halogenated alkanes) is 1. The molecule has 1 aliphatic carbocycles. The van der Waals surface area contributed by atoms with E-state index in [0.29, 0.717) is 5.39 Å². The van der Waals surface area contributed by atoms with E-state index in [1.54, 1.807) is 0 Å². The van der Waals surface area contributed by atoms with E-state index in [9.17, 15) is 141 Å². The average Bonchev–Trinajstić information content (AvgIpc) is 0.756. The molecule has 48 heteroatoms. The molecule has 1 unspecified atom stereocenters. The first-order valence-corrected chi connectivity index (χ1v) is 40.2. The summed E-state index contributed by atoms with van der Waals surface area (Å²) in [5, 5.41) is 268. The number of nitrogens with one attached hydrogen (secondary N) is 3. The number of phenols is 2. The number of carbonyl (C=O) groups excluding carboxylic acids is 3. The van der Waals surface area contributed by atoms with Crippen LogP contribution in [-0.2, 0) is 71.1 Å². The molecule has 26 N–H and O–H groups in total. The topological polar surface area (TPSA) is 759 Å². The molecule has 0 spiro atoms. The number of hydrogen-bond acceptors (Lipinski definition) is 44. The van der Waals surface area contributed by atoms with Crippen molar-refractivity contribution in [2.75, 3.05) is 52.7 Å². The Kier molecular flexibility index (Phi) is 30.0. The number of carboxylic acids is 1. The molecule has 23 aliphatic rings. The van der Waals surface area contributed by atoms with Crippen molar-refractivity contribution in [1.82, 2.24) is 16.0 Å². The van der Waals surface area contributed by atoms with Crippen LogP contribution < -0.4 is 27.0 Å². The lowest BCUT2D eigenvalue weighted by Gasteiger charge is -2.50. The summed E-state index contributed by atoms with van der Waals surface area (Å²) in [6, 6.07) is 14.4. The first-order valence-electron chi connectivity index (χ1n) is 40.2. The molecule has 21 fully saturated rings. The number of phenolic OH excluding ortho intramolecular Hbond substituents is 2. The molecule has 0 radical (unpaired) electrons. The van der Waals surface area contributed by atoms with Gasteiger partial charge in [0.15, 0.2) is 49.5 Å². The van der Waals surface area contributed by atoms with E-state index in [1.165, 1.54) is 60.7 Å². The largest absolute Gasteiger partial charge is 0.508 e. The van der Waals surface area contributed by atoms with E-state index in [1.807, 2.05) is 0 Å². The highest BCUT2D eigenvalue weighted by Gasteiger charge is 2.60. The van der Waals surface area contributed by atoms with Crippen molar-refractivity contribution in [3.8, 4) is 33.9 Å². The van der Waals surface area contributed by atoms with Gasteiger partial charge in [0.05, 0.1) is 45.2 Å². The molecule has 4 aromatic rings. The molecule has 1 aromatic heterocycles. The van der Waals surface area contributed by atoms with E-state index in [-0.39, 0.29) is 87.4 Å². The highest BCUT2D eigenvalue weighted by molar-refractivity contribution is 6.09. The lowest BCUT2D eigenvalue weighted by molar-refractivity contribution is -0.396. The predicted molar refractivity (Wildman–Crippen MR) is 409 cm³/mol. The first-order chi connectivity index (χ1) is 60.7. The van der Waals surface area contributed by atoms with Gasteiger partial charge in [-0.3, -0.25) is 19.2 Å². The quantitative estimate of drug-likeness (QED) is 0.0203. The van der Waals surface area contributed by atoms with Crippen LogP contribution in [0, 0.1) is 0 Å². The number of fused-ring (bicyclic) bond motifs is 3. The van der Waals surface area contributed by atoms with E-state index in [4.69, 9.17) is 75.2 Å². The number of benzene rings is 4. The standard InChI is InChI=1S/C79H97N3O45/c83-19-40-62-49(94)56(101)75(116-40)124-64-42(21-85)118-77(58(103)51(64)96)126-66-44(23-87)120-79(60(105)53(66)98)127-67-45(24-88)119-78(59(104)52(67)97)125-65-43(22-86)117-76(57(102)50(65)95)123-63-41(20-84)115-74(55(100)48(63)93)121-61-39(114-73(122-62)54(99)47(61)92)18-81-70(108)35(82-69(107)34-13-25-4-6-27(89)15-36(25)113-72(34)111)3-1-2-12-80-68(106)26-5-9-30(71(109)110)33(14-26)46-31-10-7-28(90)16-37(31)112-38-17-29(91)8-11-32(38)46/h4-11,13-17,35,39-45,47-67,73-79,83-90,92-105H,1-3,12,18-24H2,(H,80,106)(H,81,108)(H,82,107)(H,109,110)/t35?,39-,40-,41-,42-,43-,44-,45-,47-,48-,49-,50-,51-,52-,53-,54-,55-,56-,57-,58-,59-,60-,61-,62-,63-,64-,65-,66-,67-,73-,74-,75-,76-,77-,78-,79-/m1/s1. The van der Waals surface area contributed by atoms with Crippen LogP contribution in [0.3, 0.4) is 0 Å². The van der Waals surface area contributed by atoms with Gasteiger partial charge in [-0.05, 0) is 85.5 Å². The van der Waals surface area contributed by atoms with Crippen LogP contribution in [0.5, 0.6) is 11.5 Å². The van der Waals surface area contributed by atoms with Gasteiger partial charge in [-0.2, -0.15) is 0 Å². The maximum Gasteiger partial charge on any atom is 0.349 e. The van der Waals surface area contributed by atoms with Gasteiger partial charge in [0.1, 0.15) is 211 Å². The number of amides is 3. The van der Waals surface area contributed by atoms with Gasteiger partial charge < -0.3 is 209 Å². The monoisotopic (exact) mass is 1810 g/mol. The molecule has 0 saturated carbocycles. The molecular formula is C79H97N3O45. The number of carbonyl (C=O) groups is 4. The molecule has 36 atom stereocenters. The van der Waals surface area contributed by atoms with Gasteiger partial charge >= 0.3 is 11.6 Å². The number of aliphatic hydroxyl groups excluding tert-OH is 20. The number of rotatable bonds is 19. The number of hydrogen-bond donors (Lipinski definition) is 26. The average molecular weight is 1810 g/mol. The van der Waals surface area contributed by atoms with Gasteiger partial charge in [0.25, 0.3) is 11.8 Å². The zero-order valence-electron chi connectivity index (χ0n) is 66.3. The minimum Gasteiger partial charge on any atom is -0.508 e. The van der Waals surface area contributed by atoms with Crippen molar-refractivity contribution in [3.63, 3.8) is 0 Å². The van der Waals surface area contributed by atoms with Crippen LogP contribution in [-0.4, -0.2) is 415 Å². The van der Waals surface area contributed by atoms with Crippen LogP contribution >= 0.6 is 0 Å². The van der Waals surface area contributed by atoms with Crippen molar-refractivity contribution < 1.29 is 212 Å². The molecule has 23 heterocycles. The number of aliphatic hydroxyl groups is 20.